The molecule has 0 aliphatic carbocycles. The minimum Gasteiger partial charge on any atom is -0.490 e. The maximum Gasteiger partial charge on any atom is 0.293 e. The van der Waals surface area contributed by atoms with E-state index in [4.69, 9.17) is 21.1 Å². The molecule has 31 heavy (non-hydrogen) atoms. The largest absolute Gasteiger partial charge is 0.490 e. The first-order valence-corrected chi connectivity index (χ1v) is 11.0. The van der Waals surface area contributed by atoms with E-state index in [9.17, 15) is 14.9 Å². The number of hydrogen-bond acceptors (Lipinski definition) is 6. The molecule has 0 spiro atoms. The Morgan fingerprint density at radius 2 is 1.97 bits per heavy atom. The van der Waals surface area contributed by atoms with Gasteiger partial charge in [0.25, 0.3) is 11.1 Å². The van der Waals surface area contributed by atoms with E-state index in [0.29, 0.717) is 52.1 Å². The molecule has 2 aromatic carbocycles. The normalized spacial score (nSPS) is 14.8. The summed E-state index contributed by atoms with van der Waals surface area (Å²) < 4.78 is 11.6. The molecule has 160 valence electrons. The summed E-state index contributed by atoms with van der Waals surface area (Å²) in [7, 11) is 0. The number of halogens is 1. The van der Waals surface area contributed by atoms with Crippen LogP contribution >= 0.6 is 23.4 Å². The minimum absolute atomic E-state index is 0.152. The second kappa shape index (κ2) is 10.4. The summed E-state index contributed by atoms with van der Waals surface area (Å²) in [6.07, 6.45) is 2.33. The highest BCUT2D eigenvalue weighted by Crippen LogP contribution is 2.39. The van der Waals surface area contributed by atoms with Gasteiger partial charge < -0.3 is 9.47 Å². The number of amides is 2. The molecule has 1 fully saturated rings. The Balaban J connectivity index is 1.88. The first-order valence-electron chi connectivity index (χ1n) is 9.81. The van der Waals surface area contributed by atoms with Crippen LogP contribution in [0.2, 0.25) is 5.02 Å². The van der Waals surface area contributed by atoms with E-state index in [1.807, 2.05) is 26.0 Å². The highest BCUT2D eigenvalue weighted by atomic mass is 35.5. The molecule has 1 aliphatic rings. The standard InChI is InChI=1S/C23H21ClN2O4S/c1-3-9-26-22(27)20(31-23(26)28)12-15-10-18(24)21(19(11-15)29-4-2)30-14-17-8-6-5-7-16(17)13-25/h5-8,10-12H,3-4,9,14H2,1-2H3. The van der Waals surface area contributed by atoms with Crippen molar-refractivity contribution in [1.82, 2.24) is 4.90 Å². The number of ether oxygens (including phenoxy) is 2. The number of thioether (sulfide) groups is 1. The molecule has 3 rings (SSSR count). The minimum atomic E-state index is -0.306. The van der Waals surface area contributed by atoms with Gasteiger partial charge in [-0.15, -0.1) is 0 Å². The van der Waals surface area contributed by atoms with Crippen molar-refractivity contribution in [3.8, 4) is 17.6 Å². The lowest BCUT2D eigenvalue weighted by Crippen LogP contribution is -2.28. The van der Waals surface area contributed by atoms with E-state index in [-0.39, 0.29) is 17.8 Å². The lowest BCUT2D eigenvalue weighted by atomic mass is 10.1. The summed E-state index contributed by atoms with van der Waals surface area (Å²) in [6.45, 7) is 4.68. The number of carbonyl (C=O) groups is 2. The highest BCUT2D eigenvalue weighted by molar-refractivity contribution is 8.18. The predicted octanol–water partition coefficient (Wildman–Crippen LogP) is 5.64. The molecule has 2 amide bonds. The van der Waals surface area contributed by atoms with Crippen LogP contribution in [0.4, 0.5) is 4.79 Å². The molecule has 0 N–H and O–H groups in total. The van der Waals surface area contributed by atoms with Crippen molar-refractivity contribution < 1.29 is 19.1 Å². The van der Waals surface area contributed by atoms with Crippen molar-refractivity contribution in [2.24, 2.45) is 0 Å². The van der Waals surface area contributed by atoms with Gasteiger partial charge in [0.1, 0.15) is 6.61 Å². The number of rotatable bonds is 8. The molecule has 8 heteroatoms. The Bertz CT molecular complexity index is 1080. The first-order chi connectivity index (χ1) is 15.0. The van der Waals surface area contributed by atoms with Crippen LogP contribution in [-0.2, 0) is 11.4 Å². The molecular weight excluding hydrogens is 436 g/mol. The van der Waals surface area contributed by atoms with Gasteiger partial charge in [0, 0.05) is 12.1 Å². The van der Waals surface area contributed by atoms with Gasteiger partial charge >= 0.3 is 0 Å². The molecule has 0 radical (unpaired) electrons. The number of imide groups is 1. The van der Waals surface area contributed by atoms with Crippen LogP contribution in [0.3, 0.4) is 0 Å². The van der Waals surface area contributed by atoms with Crippen LogP contribution in [0.5, 0.6) is 11.5 Å². The predicted molar refractivity (Wildman–Crippen MR) is 121 cm³/mol. The van der Waals surface area contributed by atoms with E-state index in [0.717, 1.165) is 17.3 Å². The smallest absolute Gasteiger partial charge is 0.293 e. The van der Waals surface area contributed by atoms with E-state index in [1.165, 1.54) is 4.90 Å². The van der Waals surface area contributed by atoms with Gasteiger partial charge in [0.15, 0.2) is 11.5 Å². The molecule has 1 saturated heterocycles. The molecule has 0 aromatic heterocycles. The van der Waals surface area contributed by atoms with Crippen LogP contribution in [0.1, 0.15) is 37.0 Å². The van der Waals surface area contributed by atoms with Gasteiger partial charge in [0.05, 0.1) is 28.2 Å². The Labute approximate surface area is 190 Å². The second-order valence-electron chi connectivity index (χ2n) is 6.65. The van der Waals surface area contributed by atoms with Crippen LogP contribution < -0.4 is 9.47 Å². The number of nitriles is 1. The molecule has 1 aliphatic heterocycles. The van der Waals surface area contributed by atoms with Crippen molar-refractivity contribution in [2.45, 2.75) is 26.9 Å². The molecule has 0 atom stereocenters. The fourth-order valence-corrected chi connectivity index (χ4v) is 4.19. The maximum atomic E-state index is 12.5. The van der Waals surface area contributed by atoms with E-state index in [1.54, 1.807) is 30.3 Å². The summed E-state index contributed by atoms with van der Waals surface area (Å²) >= 11 is 7.38. The molecule has 0 saturated carbocycles. The third-order valence-corrected chi connectivity index (χ3v) is 5.65. The maximum absolute atomic E-state index is 12.5. The third-order valence-electron chi connectivity index (χ3n) is 4.46. The summed E-state index contributed by atoms with van der Waals surface area (Å²) in [5.41, 5.74) is 1.88. The van der Waals surface area contributed by atoms with Crippen LogP contribution in [0, 0.1) is 11.3 Å². The summed E-state index contributed by atoms with van der Waals surface area (Å²) in [6, 6.07) is 12.7. The van der Waals surface area contributed by atoms with Crippen molar-refractivity contribution in [3.05, 3.63) is 63.0 Å². The molecule has 2 aromatic rings. The molecule has 6 nitrogen and oxygen atoms in total. The van der Waals surface area contributed by atoms with E-state index < -0.39 is 0 Å². The Morgan fingerprint density at radius 1 is 1.19 bits per heavy atom. The number of carbonyl (C=O) groups excluding carboxylic acids is 2. The monoisotopic (exact) mass is 456 g/mol. The zero-order valence-corrected chi connectivity index (χ0v) is 18.8. The Hall–Kier alpha value is -2.95. The first kappa shape index (κ1) is 22.7. The summed E-state index contributed by atoms with van der Waals surface area (Å²) in [5.74, 6) is 0.468. The molecule has 0 bridgehead atoms. The highest BCUT2D eigenvalue weighted by Gasteiger charge is 2.34. The van der Waals surface area contributed by atoms with Crippen molar-refractivity contribution in [3.63, 3.8) is 0 Å². The fourth-order valence-electron chi connectivity index (χ4n) is 3.05. The number of benzene rings is 2. The van der Waals surface area contributed by atoms with Gasteiger partial charge in [-0.2, -0.15) is 5.26 Å². The Kier molecular flexibility index (Phi) is 7.61. The zero-order valence-electron chi connectivity index (χ0n) is 17.2. The van der Waals surface area contributed by atoms with Gasteiger partial charge in [-0.05, 0) is 54.9 Å². The van der Waals surface area contributed by atoms with Gasteiger partial charge in [0.2, 0.25) is 0 Å². The van der Waals surface area contributed by atoms with E-state index >= 15 is 0 Å². The van der Waals surface area contributed by atoms with Crippen molar-refractivity contribution in [1.29, 1.82) is 5.26 Å². The molecular formula is C23H21ClN2O4S. The van der Waals surface area contributed by atoms with Crippen LogP contribution in [0.15, 0.2) is 41.3 Å². The van der Waals surface area contributed by atoms with Gasteiger partial charge in [-0.3, -0.25) is 14.5 Å². The van der Waals surface area contributed by atoms with Gasteiger partial charge in [-0.1, -0.05) is 36.7 Å². The van der Waals surface area contributed by atoms with Crippen LogP contribution in [-0.4, -0.2) is 29.2 Å². The lowest BCUT2D eigenvalue weighted by molar-refractivity contribution is -0.122. The van der Waals surface area contributed by atoms with E-state index in [2.05, 4.69) is 6.07 Å². The zero-order chi connectivity index (χ0) is 22.4. The summed E-state index contributed by atoms with van der Waals surface area (Å²) in [5, 5.41) is 9.29. The van der Waals surface area contributed by atoms with Crippen molar-refractivity contribution >= 4 is 40.6 Å². The quantitative estimate of drug-likeness (QED) is 0.478. The second-order valence-corrected chi connectivity index (χ2v) is 8.05. The van der Waals surface area contributed by atoms with Crippen LogP contribution in [0.25, 0.3) is 6.08 Å². The van der Waals surface area contributed by atoms with Gasteiger partial charge in [-0.25, -0.2) is 0 Å². The SMILES string of the molecule is CCCN1C(=O)SC(=Cc2cc(Cl)c(OCc3ccccc3C#N)c(OCC)c2)C1=O. The average Bonchev–Trinajstić information content (AvgIpc) is 3.01. The van der Waals surface area contributed by atoms with Crippen molar-refractivity contribution in [2.75, 3.05) is 13.2 Å². The average molecular weight is 457 g/mol. The summed E-state index contributed by atoms with van der Waals surface area (Å²) in [4.78, 5) is 26.1. The number of nitrogens with zero attached hydrogens (tertiary/aromatic N) is 2. The lowest BCUT2D eigenvalue weighted by Gasteiger charge is -2.15. The number of hydrogen-bond donors (Lipinski definition) is 0. The molecule has 1 heterocycles. The third kappa shape index (κ3) is 5.22. The molecule has 0 unspecified atom stereocenters. The fraction of sp³-hybridized carbons (Fsp3) is 0.261. The Morgan fingerprint density at radius 3 is 2.68 bits per heavy atom. The topological polar surface area (TPSA) is 79.6 Å².